The standard InChI is InChI=1S/C92H108Cl2N12O32/c1-37(2)8-6-4-5-7-9-64(115)101-72-78(120)75(117)62(35-108)135-91(72)138-82-59-29-44-30-60(82)132-56-17-13-42(27-51(56)94)81(137-90-71(99-38(3)110)77(119)74(116)61(34-107)134-90)73-89(129)105-70(85(125)98-21-20-97-19-18-95)49-32-46(112)33-58(133-92-80(122)79(121)76(118)63(36-109)136-92)65(49)48-26-41(12-14-53(48)113)67(86(126)106-73)103-88(128)69(44)104-87(127)68-43-24-45(111)31-47(25-43)130-57-28-40(11-15-54(57)114)66(96)84(124)100-52(83(123)102-68)23-39-10-16-55(131-59)50(93)22-39/h10-17,22,24-33,37,52,61-63,66-81,90-92,97,107-109,111-114,116-122H,4-9,18-21,23,34-36,95-96H2,1-3H3,(H,98,125)(H,99,110)(H,100,124)(H,101,115)(H,102,123)(H,103,128)(H,104,127)(H,105,129)(H,106,126)/t52-,61+,62+,63-,66-,67-,68+,69-,70+,71+,72+,73+,74-,75-,76-,77-,78-,79-,80+,81-,90+,91+,92+/m1/s1. The number of amides is 9. The first-order valence-corrected chi connectivity index (χ1v) is 45.2. The summed E-state index contributed by atoms with van der Waals surface area (Å²) in [4.78, 5) is 141. The van der Waals surface area contributed by atoms with E-state index in [1.165, 1.54) is 30.3 Å². The van der Waals surface area contributed by atoms with E-state index in [4.69, 9.17) is 77.3 Å². The summed E-state index contributed by atoms with van der Waals surface area (Å²) >= 11 is 14.9. The van der Waals surface area contributed by atoms with Gasteiger partial charge in [-0.15, -0.1) is 0 Å². The normalized spacial score (nSPS) is 28.1. The van der Waals surface area contributed by atoms with Gasteiger partial charge in [0.15, 0.2) is 29.3 Å². The number of phenolic OH excluding ortho intramolecular Hbond substituents is 4. The largest absolute Gasteiger partial charge is 0.508 e. The zero-order chi connectivity index (χ0) is 99.1. The Morgan fingerprint density at radius 2 is 1.08 bits per heavy atom. The molecule has 17 bridgehead atoms. The molecule has 0 radical (unpaired) electrons. The van der Waals surface area contributed by atoms with Gasteiger partial charge in [-0.05, 0) is 130 Å². The summed E-state index contributed by atoms with van der Waals surface area (Å²) in [7, 11) is 0. The van der Waals surface area contributed by atoms with E-state index < -0.39 is 304 Å². The number of aliphatic hydroxyl groups is 10. The number of carbonyl (C=O) groups is 9. The topological polar surface area (TPSA) is 692 Å². The van der Waals surface area contributed by atoms with Crippen molar-refractivity contribution in [1.82, 2.24) is 53.2 Å². The van der Waals surface area contributed by atoms with E-state index in [0.717, 1.165) is 111 Å². The number of ether oxygens (including phenoxy) is 9. The lowest BCUT2D eigenvalue weighted by Crippen LogP contribution is -2.65. The van der Waals surface area contributed by atoms with Crippen LogP contribution in [0, 0.1) is 5.92 Å². The first kappa shape index (κ1) is 102. The number of nitrogens with two attached hydrogens (primary N) is 2. The first-order chi connectivity index (χ1) is 65.9. The maximum Gasteiger partial charge on any atom is 0.248 e. The molecule has 3 fully saturated rings. The quantitative estimate of drug-likeness (QED) is 0.0342. The second kappa shape index (κ2) is 44.3. The van der Waals surface area contributed by atoms with Crippen LogP contribution < -0.4 is 88.3 Å². The molecule has 9 aliphatic rings. The molecule has 16 rings (SSSR count). The number of unbranched alkanes of at least 4 members (excludes halogenated alkanes) is 3. The molecule has 28 N–H and O–H groups in total. The van der Waals surface area contributed by atoms with Crippen molar-refractivity contribution in [3.63, 3.8) is 0 Å². The second-order valence-corrected chi connectivity index (χ2v) is 35.5. The van der Waals surface area contributed by atoms with Crippen LogP contribution in [0.15, 0.2) is 115 Å². The van der Waals surface area contributed by atoms with E-state index in [1.807, 2.05) is 0 Å². The fourth-order valence-corrected chi connectivity index (χ4v) is 17.6. The fraction of sp³-hybridized carbons (Fsp3) is 0.446. The molecule has 0 unspecified atom stereocenters. The summed E-state index contributed by atoms with van der Waals surface area (Å²) in [6.07, 6.45) is -25.7. The third kappa shape index (κ3) is 22.9. The molecule has 9 aliphatic heterocycles. The summed E-state index contributed by atoms with van der Waals surface area (Å²) in [6, 6.07) is 1.72. The molecule has 3 saturated heterocycles. The predicted octanol–water partition coefficient (Wildman–Crippen LogP) is -0.401. The van der Waals surface area contributed by atoms with Gasteiger partial charge >= 0.3 is 0 Å². The Morgan fingerprint density at radius 3 is 1.72 bits per heavy atom. The van der Waals surface area contributed by atoms with Crippen molar-refractivity contribution in [1.29, 1.82) is 0 Å². The van der Waals surface area contributed by atoms with E-state index in [-0.39, 0.29) is 77.1 Å². The SMILES string of the molecule is CC(=O)N[C@@H]1[C@H](O[C@@H]2c3ccc(c(Cl)c3)Oc3cc4cc(c3O[C@@H]3O[C@@H](CO)[C@@H](O)[C@H](O)[C@@H]3NC(=O)CCCCCCC(C)C)Oc3ccc(cc3Cl)C[C@H]3NC(=O)[C@H](N)c5ccc(O)c(c5)Oc5cc(O)cc(c5)[C@H](NC3=O)C(=O)N[C@H]4C(=O)N[C@H]3C(=O)N[C@@H]2C(=O)N[C@H](C(=O)NCCNCCN)c2cc(O)cc(O[C@H]4O[C@H](CO)[C@@H](O)[C@@H](O)[C@@H]4O)c2-c2cc3ccc2O)O[C@@H](CO)[C@@H](O)[C@@H]1O. The predicted molar refractivity (Wildman–Crippen MR) is 480 cm³/mol. The minimum absolute atomic E-state index is 0.0137. The van der Waals surface area contributed by atoms with Crippen LogP contribution in [0.3, 0.4) is 0 Å². The van der Waals surface area contributed by atoms with Crippen LogP contribution >= 0.6 is 23.2 Å². The Hall–Kier alpha value is -12.1. The van der Waals surface area contributed by atoms with E-state index in [1.54, 1.807) is 0 Å². The zero-order valence-electron chi connectivity index (χ0n) is 74.2. The van der Waals surface area contributed by atoms with Crippen molar-refractivity contribution in [2.24, 2.45) is 17.4 Å². The molecule has 0 saturated carbocycles. The smallest absolute Gasteiger partial charge is 0.248 e. The molecule has 138 heavy (non-hydrogen) atoms. The van der Waals surface area contributed by atoms with Crippen LogP contribution in [0.2, 0.25) is 10.0 Å². The van der Waals surface area contributed by atoms with Crippen molar-refractivity contribution in [3.8, 4) is 80.1 Å². The van der Waals surface area contributed by atoms with Gasteiger partial charge in [-0.3, -0.25) is 43.2 Å². The maximum absolute atomic E-state index is 17.2. The van der Waals surface area contributed by atoms with Gasteiger partial charge < -0.3 is 179 Å². The number of aliphatic hydroxyl groups excluding tert-OH is 10. The Kier molecular flexibility index (Phi) is 32.7. The van der Waals surface area contributed by atoms with Crippen molar-refractivity contribution >= 4 is 76.4 Å². The average molecular weight is 1960 g/mol. The number of fused-ring (bicyclic) bond motifs is 14. The highest BCUT2D eigenvalue weighted by Crippen LogP contribution is 2.51. The van der Waals surface area contributed by atoms with Gasteiger partial charge in [-0.25, -0.2) is 0 Å². The van der Waals surface area contributed by atoms with Gasteiger partial charge in [0, 0.05) is 69.2 Å². The van der Waals surface area contributed by atoms with Gasteiger partial charge in [-0.2, -0.15) is 0 Å². The fourth-order valence-electron chi connectivity index (χ4n) is 17.1. The van der Waals surface area contributed by atoms with Crippen molar-refractivity contribution in [3.05, 3.63) is 164 Å². The van der Waals surface area contributed by atoms with Crippen LogP contribution in [0.1, 0.15) is 135 Å². The Morgan fingerprint density at radius 1 is 0.507 bits per heavy atom. The van der Waals surface area contributed by atoms with Crippen LogP contribution in [0.4, 0.5) is 0 Å². The highest BCUT2D eigenvalue weighted by Gasteiger charge is 2.52. The van der Waals surface area contributed by atoms with Gasteiger partial charge in [0.25, 0.3) is 0 Å². The molecule has 7 aromatic rings. The molecule has 9 heterocycles. The Labute approximate surface area is 796 Å². The lowest BCUT2D eigenvalue weighted by atomic mass is 9.89. The molecule has 9 amide bonds. The number of hydrogen-bond donors (Lipinski definition) is 26. The third-order valence-electron chi connectivity index (χ3n) is 24.3. The molecule has 7 aromatic carbocycles. The molecular weight excluding hydrogens is 1860 g/mol. The summed E-state index contributed by atoms with van der Waals surface area (Å²) in [5.74, 6) is -17.8. The van der Waals surface area contributed by atoms with Gasteiger partial charge in [-0.1, -0.05) is 87.0 Å². The van der Waals surface area contributed by atoms with Crippen LogP contribution in [0.5, 0.6) is 69.0 Å². The van der Waals surface area contributed by atoms with Crippen molar-refractivity contribution < 1.29 is 157 Å². The van der Waals surface area contributed by atoms with Gasteiger partial charge in [0.2, 0.25) is 71.5 Å². The third-order valence-corrected chi connectivity index (χ3v) is 24.9. The number of rotatable bonds is 24. The number of phenols is 4. The summed E-state index contributed by atoms with van der Waals surface area (Å²) in [5.41, 5.74) is 9.10. The number of benzene rings is 7. The van der Waals surface area contributed by atoms with Gasteiger partial charge in [0.05, 0.1) is 29.9 Å². The minimum atomic E-state index is -2.54. The highest BCUT2D eigenvalue weighted by atomic mass is 35.5. The van der Waals surface area contributed by atoms with Crippen LogP contribution in [-0.2, 0) is 68.5 Å². The minimum Gasteiger partial charge on any atom is -0.508 e. The van der Waals surface area contributed by atoms with E-state index in [2.05, 4.69) is 67.0 Å². The van der Waals surface area contributed by atoms with Crippen LogP contribution in [-0.4, -0.2) is 275 Å². The summed E-state index contributed by atoms with van der Waals surface area (Å²) in [6.45, 7) is 2.07. The number of hydrogen-bond acceptors (Lipinski definition) is 35. The molecule has 0 spiro atoms. The second-order valence-electron chi connectivity index (χ2n) is 34.7. The number of aromatic hydroxyl groups is 4. The zero-order valence-corrected chi connectivity index (χ0v) is 75.8. The Balaban J connectivity index is 1.04. The number of carbonyl (C=O) groups excluding carboxylic acids is 9. The lowest BCUT2D eigenvalue weighted by molar-refractivity contribution is -0.284. The van der Waals surface area contributed by atoms with Gasteiger partial charge in [0.1, 0.15) is 162 Å². The monoisotopic (exact) mass is 1960 g/mol. The number of nitrogens with one attached hydrogen (secondary N) is 10. The molecule has 44 nitrogen and oxygen atoms in total. The van der Waals surface area contributed by atoms with Crippen LogP contribution in [0.25, 0.3) is 11.1 Å². The molecule has 46 heteroatoms. The van der Waals surface area contributed by atoms with E-state index >= 15 is 28.8 Å². The maximum atomic E-state index is 17.2. The molecule has 742 valence electrons. The summed E-state index contributed by atoms with van der Waals surface area (Å²) in [5, 5.41) is 187. The average Bonchev–Trinajstić information content (AvgIpc) is 0.751. The lowest BCUT2D eigenvalue weighted by Gasteiger charge is -2.44. The van der Waals surface area contributed by atoms with E-state index in [0.29, 0.717) is 18.8 Å². The molecular formula is C92H108Cl2N12O32. The van der Waals surface area contributed by atoms with E-state index in [9.17, 15) is 85.9 Å². The first-order valence-electron chi connectivity index (χ1n) is 44.4. The Bertz CT molecular complexity index is 5690. The molecule has 0 aromatic heterocycles. The summed E-state index contributed by atoms with van der Waals surface area (Å²) < 4.78 is 58.2. The molecule has 0 aliphatic carbocycles. The molecule has 23 atom stereocenters. The van der Waals surface area contributed by atoms with Crippen molar-refractivity contribution in [2.45, 2.75) is 206 Å². The highest BCUT2D eigenvalue weighted by molar-refractivity contribution is 6.32. The van der Waals surface area contributed by atoms with Crippen molar-refractivity contribution in [2.75, 3.05) is 46.0 Å². The number of halogens is 2.